The SMILES string of the molecule is CCCn1ncnc1CN(CCCCl)C(C)C. The van der Waals surface area contributed by atoms with Crippen molar-refractivity contribution in [2.45, 2.75) is 52.7 Å². The van der Waals surface area contributed by atoms with E-state index in [9.17, 15) is 0 Å². The minimum absolute atomic E-state index is 0.505. The first-order valence-electron chi connectivity index (χ1n) is 6.35. The van der Waals surface area contributed by atoms with Crippen LogP contribution in [-0.4, -0.2) is 38.1 Å². The lowest BCUT2D eigenvalue weighted by Crippen LogP contribution is -2.32. The van der Waals surface area contributed by atoms with Gasteiger partial charge in [0.1, 0.15) is 12.2 Å². The Kier molecular flexibility index (Phi) is 6.52. The zero-order chi connectivity index (χ0) is 12.7. The molecule has 0 amide bonds. The van der Waals surface area contributed by atoms with Gasteiger partial charge in [0.2, 0.25) is 0 Å². The second-order valence-corrected chi connectivity index (χ2v) is 4.88. The van der Waals surface area contributed by atoms with Crippen molar-refractivity contribution in [1.29, 1.82) is 0 Å². The number of aromatic nitrogens is 3. The van der Waals surface area contributed by atoms with E-state index in [1.165, 1.54) is 0 Å². The first kappa shape index (κ1) is 14.5. The molecule has 0 aliphatic rings. The van der Waals surface area contributed by atoms with E-state index in [1.807, 2.05) is 4.68 Å². The average Bonchev–Trinajstić information content (AvgIpc) is 2.72. The summed E-state index contributed by atoms with van der Waals surface area (Å²) in [5.74, 6) is 1.76. The van der Waals surface area contributed by atoms with Gasteiger partial charge in [-0.05, 0) is 26.7 Å². The predicted octanol–water partition coefficient (Wildman–Crippen LogP) is 2.53. The molecule has 0 saturated carbocycles. The molecule has 0 saturated heterocycles. The highest BCUT2D eigenvalue weighted by Gasteiger charge is 2.13. The summed E-state index contributed by atoms with van der Waals surface area (Å²) in [4.78, 5) is 6.73. The number of hydrogen-bond donors (Lipinski definition) is 0. The van der Waals surface area contributed by atoms with Crippen molar-refractivity contribution in [3.8, 4) is 0 Å². The standard InChI is InChI=1S/C12H23ClN4/c1-4-7-17-12(14-10-15-17)9-16(11(2)3)8-5-6-13/h10-11H,4-9H2,1-3H3. The Balaban J connectivity index is 2.61. The minimum Gasteiger partial charge on any atom is -0.293 e. The molecule has 1 rings (SSSR count). The maximum absolute atomic E-state index is 5.75. The summed E-state index contributed by atoms with van der Waals surface area (Å²) >= 11 is 5.75. The summed E-state index contributed by atoms with van der Waals surface area (Å²) < 4.78 is 2.00. The second-order valence-electron chi connectivity index (χ2n) is 4.51. The lowest BCUT2D eigenvalue weighted by atomic mass is 10.3. The first-order valence-corrected chi connectivity index (χ1v) is 6.89. The van der Waals surface area contributed by atoms with Gasteiger partial charge in [-0.15, -0.1) is 11.6 Å². The third-order valence-electron chi connectivity index (χ3n) is 2.78. The Morgan fingerprint density at radius 2 is 2.24 bits per heavy atom. The molecular weight excluding hydrogens is 236 g/mol. The van der Waals surface area contributed by atoms with Crippen molar-refractivity contribution in [3.63, 3.8) is 0 Å². The smallest absolute Gasteiger partial charge is 0.141 e. The van der Waals surface area contributed by atoms with Gasteiger partial charge in [0.05, 0.1) is 6.54 Å². The summed E-state index contributed by atoms with van der Waals surface area (Å²) in [6, 6.07) is 0.505. The molecule has 0 radical (unpaired) electrons. The molecule has 0 fully saturated rings. The van der Waals surface area contributed by atoms with Crippen molar-refractivity contribution in [3.05, 3.63) is 12.2 Å². The summed E-state index contributed by atoms with van der Waals surface area (Å²) in [5, 5.41) is 4.25. The summed E-state index contributed by atoms with van der Waals surface area (Å²) in [7, 11) is 0. The molecule has 98 valence electrons. The van der Waals surface area contributed by atoms with Gasteiger partial charge >= 0.3 is 0 Å². The van der Waals surface area contributed by atoms with Gasteiger partial charge < -0.3 is 0 Å². The Morgan fingerprint density at radius 1 is 1.47 bits per heavy atom. The molecule has 0 atom stereocenters. The largest absolute Gasteiger partial charge is 0.293 e. The molecule has 0 aliphatic heterocycles. The van der Waals surface area contributed by atoms with Gasteiger partial charge in [0.15, 0.2) is 0 Å². The minimum atomic E-state index is 0.505. The number of hydrogen-bond acceptors (Lipinski definition) is 3. The Hall–Kier alpha value is -0.610. The Labute approximate surface area is 109 Å². The number of alkyl halides is 1. The van der Waals surface area contributed by atoms with Crippen LogP contribution in [0.25, 0.3) is 0 Å². The molecule has 0 aromatic carbocycles. The molecule has 4 nitrogen and oxygen atoms in total. The zero-order valence-electron chi connectivity index (χ0n) is 11.1. The fourth-order valence-electron chi connectivity index (χ4n) is 1.77. The van der Waals surface area contributed by atoms with Gasteiger partial charge in [-0.1, -0.05) is 6.92 Å². The van der Waals surface area contributed by atoms with Crippen LogP contribution in [0.4, 0.5) is 0 Å². The zero-order valence-corrected chi connectivity index (χ0v) is 11.8. The van der Waals surface area contributed by atoms with Crippen molar-refractivity contribution in [2.75, 3.05) is 12.4 Å². The number of aryl methyl sites for hydroxylation is 1. The lowest BCUT2D eigenvalue weighted by molar-refractivity contribution is 0.204. The molecule has 0 aliphatic carbocycles. The summed E-state index contributed by atoms with van der Waals surface area (Å²) in [5.41, 5.74) is 0. The fourth-order valence-corrected chi connectivity index (χ4v) is 1.89. The van der Waals surface area contributed by atoms with E-state index in [1.54, 1.807) is 6.33 Å². The lowest BCUT2D eigenvalue weighted by Gasteiger charge is -2.25. The van der Waals surface area contributed by atoms with E-state index >= 15 is 0 Å². The van der Waals surface area contributed by atoms with E-state index in [0.29, 0.717) is 11.9 Å². The third-order valence-corrected chi connectivity index (χ3v) is 3.05. The monoisotopic (exact) mass is 258 g/mol. The molecule has 1 aromatic rings. The van der Waals surface area contributed by atoms with Crippen LogP contribution in [0.1, 0.15) is 39.4 Å². The Bertz CT molecular complexity index is 311. The van der Waals surface area contributed by atoms with Crippen LogP contribution in [0.5, 0.6) is 0 Å². The van der Waals surface area contributed by atoms with Crippen LogP contribution in [0.15, 0.2) is 6.33 Å². The molecule has 0 bridgehead atoms. The summed E-state index contributed by atoms with van der Waals surface area (Å²) in [6.07, 6.45) is 3.74. The quantitative estimate of drug-likeness (QED) is 0.672. The summed E-state index contributed by atoms with van der Waals surface area (Å²) in [6.45, 7) is 9.37. The number of rotatable bonds is 8. The van der Waals surface area contributed by atoms with Crippen LogP contribution in [0.3, 0.4) is 0 Å². The van der Waals surface area contributed by atoms with Crippen LogP contribution in [0.2, 0.25) is 0 Å². The molecular formula is C12H23ClN4. The van der Waals surface area contributed by atoms with Gasteiger partial charge in [-0.3, -0.25) is 4.90 Å². The average molecular weight is 259 g/mol. The van der Waals surface area contributed by atoms with E-state index < -0.39 is 0 Å². The highest BCUT2D eigenvalue weighted by atomic mass is 35.5. The van der Waals surface area contributed by atoms with Gasteiger partial charge in [-0.25, -0.2) is 9.67 Å². The van der Waals surface area contributed by atoms with Crippen LogP contribution in [-0.2, 0) is 13.1 Å². The van der Waals surface area contributed by atoms with Crippen LogP contribution < -0.4 is 0 Å². The molecule has 1 aromatic heterocycles. The van der Waals surface area contributed by atoms with Gasteiger partial charge in [0, 0.05) is 25.0 Å². The predicted molar refractivity (Wildman–Crippen MR) is 71.2 cm³/mol. The Morgan fingerprint density at radius 3 is 2.82 bits per heavy atom. The molecule has 5 heteroatoms. The van der Waals surface area contributed by atoms with E-state index in [2.05, 4.69) is 35.8 Å². The van der Waals surface area contributed by atoms with Crippen molar-refractivity contribution >= 4 is 11.6 Å². The van der Waals surface area contributed by atoms with Crippen LogP contribution in [0, 0.1) is 0 Å². The first-order chi connectivity index (χ1) is 8.19. The number of halogens is 1. The van der Waals surface area contributed by atoms with Gasteiger partial charge in [0.25, 0.3) is 0 Å². The van der Waals surface area contributed by atoms with Gasteiger partial charge in [-0.2, -0.15) is 5.10 Å². The molecule has 0 N–H and O–H groups in total. The van der Waals surface area contributed by atoms with Crippen molar-refractivity contribution in [2.24, 2.45) is 0 Å². The van der Waals surface area contributed by atoms with E-state index in [0.717, 1.165) is 38.3 Å². The molecule has 0 spiro atoms. The highest BCUT2D eigenvalue weighted by Crippen LogP contribution is 2.07. The van der Waals surface area contributed by atoms with Crippen LogP contribution >= 0.6 is 11.6 Å². The topological polar surface area (TPSA) is 34.0 Å². The van der Waals surface area contributed by atoms with Crippen molar-refractivity contribution < 1.29 is 0 Å². The second kappa shape index (κ2) is 7.67. The number of nitrogens with zero attached hydrogens (tertiary/aromatic N) is 4. The molecule has 0 unspecified atom stereocenters. The fraction of sp³-hybridized carbons (Fsp3) is 0.833. The maximum Gasteiger partial charge on any atom is 0.141 e. The normalized spacial score (nSPS) is 11.6. The molecule has 1 heterocycles. The molecule has 17 heavy (non-hydrogen) atoms. The van der Waals surface area contributed by atoms with Crippen molar-refractivity contribution in [1.82, 2.24) is 19.7 Å². The van der Waals surface area contributed by atoms with E-state index in [-0.39, 0.29) is 0 Å². The van der Waals surface area contributed by atoms with E-state index in [4.69, 9.17) is 11.6 Å². The maximum atomic E-state index is 5.75. The highest BCUT2D eigenvalue weighted by molar-refractivity contribution is 6.17. The third kappa shape index (κ3) is 4.64.